The summed E-state index contributed by atoms with van der Waals surface area (Å²) in [5.41, 5.74) is -0.324. The van der Waals surface area contributed by atoms with Crippen LogP contribution in [0, 0.1) is 0 Å². The number of rotatable bonds is 12. The van der Waals surface area contributed by atoms with Crippen molar-refractivity contribution in [1.82, 2.24) is 4.90 Å². The van der Waals surface area contributed by atoms with E-state index in [4.69, 9.17) is 28.1 Å². The number of carbonyl (C=O) groups excluding carboxylic acids is 1. The molecular weight excluding hydrogens is 526 g/mol. The lowest BCUT2D eigenvalue weighted by atomic mass is 10.0. The summed E-state index contributed by atoms with van der Waals surface area (Å²) in [6, 6.07) is 10.8. The number of nitrogens with zero attached hydrogens (tertiary/aromatic N) is 1. The maximum atomic E-state index is 13.3. The van der Waals surface area contributed by atoms with Gasteiger partial charge in [0.1, 0.15) is 17.1 Å². The van der Waals surface area contributed by atoms with Gasteiger partial charge in [-0.3, -0.25) is 4.90 Å². The third kappa shape index (κ3) is 8.47. The summed E-state index contributed by atoms with van der Waals surface area (Å²) in [4.78, 5) is 15.1. The Bertz CT molecular complexity index is 976. The van der Waals surface area contributed by atoms with Gasteiger partial charge in [0, 0.05) is 19.4 Å². The van der Waals surface area contributed by atoms with Crippen molar-refractivity contribution in [3.63, 3.8) is 0 Å². The van der Waals surface area contributed by atoms with Crippen LogP contribution in [-0.2, 0) is 30.0 Å². The van der Waals surface area contributed by atoms with Crippen molar-refractivity contribution in [1.29, 1.82) is 0 Å². The predicted octanol–water partition coefficient (Wildman–Crippen LogP) is 7.04. The zero-order valence-corrected chi connectivity index (χ0v) is 27.1. The largest absolute Gasteiger partial charge is 0.547 e. The van der Waals surface area contributed by atoms with Crippen molar-refractivity contribution in [2.75, 3.05) is 20.3 Å². The number of hydrogen-bond donors (Lipinski definition) is 0. The minimum absolute atomic E-state index is 0.189. The highest BCUT2D eigenvalue weighted by molar-refractivity contribution is 6.73. The van der Waals surface area contributed by atoms with Gasteiger partial charge in [0.2, 0.25) is 8.32 Å². The van der Waals surface area contributed by atoms with E-state index in [2.05, 4.69) is 26.8 Å². The molecule has 3 rings (SSSR count). The molecule has 2 heterocycles. The van der Waals surface area contributed by atoms with Crippen molar-refractivity contribution in [3.05, 3.63) is 41.7 Å². The minimum atomic E-state index is -1.89. The monoisotopic (exact) mass is 577 g/mol. The second-order valence-corrected chi connectivity index (χ2v) is 17.0. The standard InChI is InChI=1S/C31H51NO7Si/c1-10-40(11-2,12-3)39-26-19-25(17-18-35-21-23-13-15-24(34-9)16-14-23)37-28(20-26)27-22-36-31(7,8)32(27)29(33)38-30(4,5)6/h13-16,19,25,27-28H,10-12,17-18,20-22H2,1-9H3/t25-,27-,28+/m0/s1. The summed E-state index contributed by atoms with van der Waals surface area (Å²) >= 11 is 0. The molecule has 0 saturated carbocycles. The second kappa shape index (κ2) is 13.7. The van der Waals surface area contributed by atoms with Crippen LogP contribution in [0.15, 0.2) is 36.1 Å². The maximum Gasteiger partial charge on any atom is 0.412 e. The molecule has 8 nitrogen and oxygen atoms in total. The average molecular weight is 578 g/mol. The first-order valence-electron chi connectivity index (χ1n) is 14.8. The summed E-state index contributed by atoms with van der Waals surface area (Å²) in [7, 11) is -0.234. The van der Waals surface area contributed by atoms with Gasteiger partial charge in [-0.05, 0) is 76.5 Å². The molecule has 1 fully saturated rings. The van der Waals surface area contributed by atoms with E-state index in [1.165, 1.54) is 0 Å². The molecule has 0 radical (unpaired) electrons. The Hall–Kier alpha value is -2.07. The second-order valence-electron chi connectivity index (χ2n) is 12.3. The van der Waals surface area contributed by atoms with Crippen molar-refractivity contribution >= 4 is 14.4 Å². The zero-order valence-electron chi connectivity index (χ0n) is 26.1. The van der Waals surface area contributed by atoms with Crippen LogP contribution in [0.4, 0.5) is 4.79 Å². The summed E-state index contributed by atoms with van der Waals surface area (Å²) in [5.74, 6) is 1.80. The fraction of sp³-hybridized carbons (Fsp3) is 0.710. The van der Waals surface area contributed by atoms with Crippen molar-refractivity contribution < 1.29 is 32.9 Å². The molecule has 0 bridgehead atoms. The summed E-state index contributed by atoms with van der Waals surface area (Å²) in [5, 5.41) is 0. The highest BCUT2D eigenvalue weighted by atomic mass is 28.4. The van der Waals surface area contributed by atoms with Crippen LogP contribution >= 0.6 is 0 Å². The van der Waals surface area contributed by atoms with E-state index in [0.29, 0.717) is 32.7 Å². The summed E-state index contributed by atoms with van der Waals surface area (Å²) < 4.78 is 36.7. The first kappa shape index (κ1) is 32.4. The lowest BCUT2D eigenvalue weighted by Gasteiger charge is -2.41. The van der Waals surface area contributed by atoms with Crippen molar-refractivity contribution in [2.24, 2.45) is 0 Å². The van der Waals surface area contributed by atoms with Crippen molar-refractivity contribution in [2.45, 2.75) is 123 Å². The molecule has 9 heteroatoms. The smallest absolute Gasteiger partial charge is 0.412 e. The van der Waals surface area contributed by atoms with E-state index in [1.807, 2.05) is 58.9 Å². The normalized spacial score (nSPS) is 23.1. The van der Waals surface area contributed by atoms with Crippen LogP contribution in [0.3, 0.4) is 0 Å². The van der Waals surface area contributed by atoms with Gasteiger partial charge in [0.05, 0.1) is 44.3 Å². The SMILES string of the molecule is CC[Si](CC)(CC)OC1=C[C@H](CCOCc2ccc(OC)cc2)O[C@@H]([C@@H]2COC(C)(C)N2C(=O)OC(C)(C)C)C1. The van der Waals surface area contributed by atoms with Crippen LogP contribution in [0.1, 0.15) is 73.8 Å². The molecule has 0 aliphatic carbocycles. The van der Waals surface area contributed by atoms with Gasteiger partial charge in [-0.2, -0.15) is 0 Å². The van der Waals surface area contributed by atoms with Crippen LogP contribution < -0.4 is 4.74 Å². The summed E-state index contributed by atoms with van der Waals surface area (Å²) in [6.45, 7) is 17.6. The van der Waals surface area contributed by atoms with Gasteiger partial charge in [0.25, 0.3) is 0 Å². The van der Waals surface area contributed by atoms with Gasteiger partial charge in [-0.1, -0.05) is 32.9 Å². The Labute approximate surface area is 242 Å². The molecule has 0 N–H and O–H groups in total. The number of amides is 1. The molecule has 1 amide bonds. The Morgan fingerprint density at radius 1 is 1.10 bits per heavy atom. The Balaban J connectivity index is 1.76. The molecule has 2 aliphatic heterocycles. The quantitative estimate of drug-likeness (QED) is 0.195. The van der Waals surface area contributed by atoms with E-state index in [-0.39, 0.29) is 24.3 Å². The van der Waals surface area contributed by atoms with Crippen LogP contribution in [0.25, 0.3) is 0 Å². The van der Waals surface area contributed by atoms with Gasteiger partial charge in [0.15, 0.2) is 0 Å². The number of ether oxygens (including phenoxy) is 5. The molecule has 1 aromatic rings. The first-order chi connectivity index (χ1) is 18.8. The molecule has 1 aromatic carbocycles. The Kier molecular flexibility index (Phi) is 11.1. The molecule has 1 saturated heterocycles. The van der Waals surface area contributed by atoms with Crippen molar-refractivity contribution in [3.8, 4) is 5.75 Å². The van der Waals surface area contributed by atoms with E-state index < -0.39 is 19.6 Å². The molecular formula is C31H51NO7Si. The zero-order chi connectivity index (χ0) is 29.6. The molecule has 0 unspecified atom stereocenters. The molecule has 0 aromatic heterocycles. The first-order valence-corrected chi connectivity index (χ1v) is 17.3. The number of hydrogen-bond acceptors (Lipinski definition) is 7. The van der Waals surface area contributed by atoms with E-state index in [1.54, 1.807) is 12.0 Å². The molecule has 2 aliphatic rings. The lowest BCUT2D eigenvalue weighted by Crippen LogP contribution is -2.55. The van der Waals surface area contributed by atoms with Gasteiger partial charge in [-0.15, -0.1) is 0 Å². The average Bonchev–Trinajstić information content (AvgIpc) is 3.24. The number of carbonyl (C=O) groups is 1. The number of methoxy groups -OCH3 is 1. The third-order valence-electron chi connectivity index (χ3n) is 7.92. The fourth-order valence-electron chi connectivity index (χ4n) is 5.37. The topological polar surface area (TPSA) is 75.7 Å². The maximum absolute atomic E-state index is 13.3. The van der Waals surface area contributed by atoms with Gasteiger partial charge < -0.3 is 28.1 Å². The van der Waals surface area contributed by atoms with Gasteiger partial charge >= 0.3 is 6.09 Å². The van der Waals surface area contributed by atoms with E-state index in [9.17, 15) is 4.79 Å². The highest BCUT2D eigenvalue weighted by Crippen LogP contribution is 2.37. The lowest BCUT2D eigenvalue weighted by molar-refractivity contribution is -0.0842. The fourth-order valence-corrected chi connectivity index (χ4v) is 8.01. The Morgan fingerprint density at radius 3 is 2.33 bits per heavy atom. The number of benzene rings is 1. The highest BCUT2D eigenvalue weighted by Gasteiger charge is 2.50. The van der Waals surface area contributed by atoms with E-state index >= 15 is 0 Å². The molecule has 226 valence electrons. The van der Waals surface area contributed by atoms with E-state index in [0.717, 1.165) is 35.2 Å². The van der Waals surface area contributed by atoms with Crippen LogP contribution in [-0.4, -0.2) is 69.2 Å². The molecule has 0 spiro atoms. The van der Waals surface area contributed by atoms with Gasteiger partial charge in [-0.25, -0.2) is 4.79 Å². The predicted molar refractivity (Wildman–Crippen MR) is 159 cm³/mol. The third-order valence-corrected chi connectivity index (χ3v) is 12.5. The minimum Gasteiger partial charge on any atom is -0.547 e. The summed E-state index contributed by atoms with van der Waals surface area (Å²) in [6.07, 6.45) is 2.56. The Morgan fingerprint density at radius 2 is 1.75 bits per heavy atom. The molecule has 3 atom stereocenters. The van der Waals surface area contributed by atoms with Crippen LogP contribution in [0.2, 0.25) is 18.1 Å². The van der Waals surface area contributed by atoms with Crippen LogP contribution in [0.5, 0.6) is 5.75 Å². The molecule has 40 heavy (non-hydrogen) atoms.